The first-order valence-electron chi connectivity index (χ1n) is 6.34. The third kappa shape index (κ3) is 4.02. The predicted octanol–water partition coefficient (Wildman–Crippen LogP) is 3.68. The molecule has 0 atom stereocenters. The Balaban J connectivity index is 2.19. The number of nitriles is 1. The second-order valence-corrected chi connectivity index (χ2v) is 4.54. The van der Waals surface area contributed by atoms with Gasteiger partial charge in [-0.15, -0.1) is 0 Å². The summed E-state index contributed by atoms with van der Waals surface area (Å²) in [6, 6.07) is 14.7. The van der Waals surface area contributed by atoms with Crippen molar-refractivity contribution in [1.29, 1.82) is 5.26 Å². The molecule has 2 rings (SSSR count). The zero-order chi connectivity index (χ0) is 15.2. The van der Waals surface area contributed by atoms with E-state index in [9.17, 15) is 9.18 Å². The molecular weight excluding hydrogens is 267 g/mol. The van der Waals surface area contributed by atoms with E-state index in [-0.39, 0.29) is 11.4 Å². The van der Waals surface area contributed by atoms with Crippen molar-refractivity contribution in [2.45, 2.75) is 6.92 Å². The van der Waals surface area contributed by atoms with Gasteiger partial charge in [0.25, 0.3) is 5.91 Å². The maximum absolute atomic E-state index is 12.8. The van der Waals surface area contributed by atoms with Crippen LogP contribution in [0.3, 0.4) is 0 Å². The molecule has 0 aliphatic carbocycles. The van der Waals surface area contributed by atoms with Crippen LogP contribution < -0.4 is 5.32 Å². The fourth-order valence-electron chi connectivity index (χ4n) is 1.81. The van der Waals surface area contributed by atoms with Gasteiger partial charge in [0.05, 0.1) is 0 Å². The Kier molecular flexibility index (Phi) is 4.47. The number of hydrogen-bond acceptors (Lipinski definition) is 2. The summed E-state index contributed by atoms with van der Waals surface area (Å²) in [4.78, 5) is 12.0. The first kappa shape index (κ1) is 14.5. The van der Waals surface area contributed by atoms with Gasteiger partial charge in [0.1, 0.15) is 17.5 Å². The molecule has 0 saturated carbocycles. The number of nitrogens with zero attached hydrogens (tertiary/aromatic N) is 1. The Morgan fingerprint density at radius 3 is 2.57 bits per heavy atom. The number of nitrogens with one attached hydrogen (secondary N) is 1. The topological polar surface area (TPSA) is 52.9 Å². The molecule has 0 aliphatic heterocycles. The molecule has 21 heavy (non-hydrogen) atoms. The van der Waals surface area contributed by atoms with Crippen LogP contribution >= 0.6 is 0 Å². The molecular formula is C17H13FN2O. The van der Waals surface area contributed by atoms with Gasteiger partial charge >= 0.3 is 0 Å². The quantitative estimate of drug-likeness (QED) is 0.688. The third-order valence-corrected chi connectivity index (χ3v) is 2.82. The first-order chi connectivity index (χ1) is 10.1. The summed E-state index contributed by atoms with van der Waals surface area (Å²) in [6.45, 7) is 1.93. The summed E-state index contributed by atoms with van der Waals surface area (Å²) in [5.74, 6) is -0.908. The Hall–Kier alpha value is -2.93. The lowest BCUT2D eigenvalue weighted by Crippen LogP contribution is -2.13. The number of rotatable bonds is 3. The highest BCUT2D eigenvalue weighted by Gasteiger charge is 2.09. The van der Waals surface area contributed by atoms with Crippen LogP contribution in [-0.2, 0) is 4.79 Å². The molecule has 4 heteroatoms. The van der Waals surface area contributed by atoms with Crippen molar-refractivity contribution < 1.29 is 9.18 Å². The molecule has 0 saturated heterocycles. The van der Waals surface area contributed by atoms with E-state index in [2.05, 4.69) is 5.32 Å². The van der Waals surface area contributed by atoms with Crippen molar-refractivity contribution in [1.82, 2.24) is 0 Å². The number of aryl methyl sites for hydroxylation is 1. The van der Waals surface area contributed by atoms with Crippen molar-refractivity contribution >= 4 is 17.7 Å². The molecule has 104 valence electrons. The number of hydrogen-bond donors (Lipinski definition) is 1. The highest BCUT2D eigenvalue weighted by atomic mass is 19.1. The van der Waals surface area contributed by atoms with Gasteiger partial charge in [0, 0.05) is 5.69 Å². The van der Waals surface area contributed by atoms with Gasteiger partial charge in [-0.25, -0.2) is 4.39 Å². The normalized spacial score (nSPS) is 10.8. The number of amides is 1. The van der Waals surface area contributed by atoms with Gasteiger partial charge in [0.2, 0.25) is 0 Å². The van der Waals surface area contributed by atoms with Crippen LogP contribution in [0.25, 0.3) is 6.08 Å². The summed E-state index contributed by atoms with van der Waals surface area (Å²) >= 11 is 0. The number of carbonyl (C=O) groups excluding carboxylic acids is 1. The molecule has 2 aromatic carbocycles. The minimum Gasteiger partial charge on any atom is -0.321 e. The second-order valence-electron chi connectivity index (χ2n) is 4.54. The zero-order valence-corrected chi connectivity index (χ0v) is 11.4. The standard InChI is InChI=1S/C17H13FN2O/c1-12-3-2-4-13(9-12)10-14(11-19)17(21)20-16-7-5-15(18)6-8-16/h2-10H,1H3,(H,20,21)/b14-10+. The summed E-state index contributed by atoms with van der Waals surface area (Å²) in [5, 5.41) is 11.7. The fourth-order valence-corrected chi connectivity index (χ4v) is 1.81. The largest absolute Gasteiger partial charge is 0.321 e. The highest BCUT2D eigenvalue weighted by molar-refractivity contribution is 6.09. The maximum Gasteiger partial charge on any atom is 0.266 e. The Bertz CT molecular complexity index is 727. The van der Waals surface area contributed by atoms with Crippen LogP contribution in [0, 0.1) is 24.1 Å². The van der Waals surface area contributed by atoms with Crippen LogP contribution in [0.2, 0.25) is 0 Å². The monoisotopic (exact) mass is 280 g/mol. The van der Waals surface area contributed by atoms with E-state index in [1.54, 1.807) is 0 Å². The molecule has 0 aromatic heterocycles. The third-order valence-electron chi connectivity index (χ3n) is 2.82. The molecule has 1 N–H and O–H groups in total. The van der Waals surface area contributed by atoms with E-state index >= 15 is 0 Å². The lowest BCUT2D eigenvalue weighted by molar-refractivity contribution is -0.112. The van der Waals surface area contributed by atoms with Crippen molar-refractivity contribution in [3.8, 4) is 6.07 Å². The van der Waals surface area contributed by atoms with E-state index in [0.717, 1.165) is 11.1 Å². The van der Waals surface area contributed by atoms with Gasteiger partial charge in [-0.05, 0) is 42.8 Å². The van der Waals surface area contributed by atoms with E-state index in [4.69, 9.17) is 5.26 Å². The highest BCUT2D eigenvalue weighted by Crippen LogP contribution is 2.13. The Morgan fingerprint density at radius 2 is 1.95 bits per heavy atom. The second kappa shape index (κ2) is 6.49. The predicted molar refractivity (Wildman–Crippen MR) is 79.8 cm³/mol. The molecule has 0 heterocycles. The molecule has 0 unspecified atom stereocenters. The van der Waals surface area contributed by atoms with Gasteiger partial charge in [-0.3, -0.25) is 4.79 Å². The van der Waals surface area contributed by atoms with Crippen molar-refractivity contribution in [2.24, 2.45) is 0 Å². The van der Waals surface area contributed by atoms with E-state index < -0.39 is 5.91 Å². The minimum atomic E-state index is -0.523. The SMILES string of the molecule is Cc1cccc(/C=C(\C#N)C(=O)Nc2ccc(F)cc2)c1. The van der Waals surface area contributed by atoms with Crippen LogP contribution in [-0.4, -0.2) is 5.91 Å². The lowest BCUT2D eigenvalue weighted by atomic mass is 10.1. The molecule has 0 aliphatic rings. The molecule has 0 radical (unpaired) electrons. The van der Waals surface area contributed by atoms with Gasteiger partial charge in [0.15, 0.2) is 0 Å². The summed E-state index contributed by atoms with van der Waals surface area (Å²) in [5.41, 5.74) is 2.25. The van der Waals surface area contributed by atoms with Crippen molar-refractivity contribution in [3.05, 3.63) is 71.0 Å². The summed E-state index contributed by atoms with van der Waals surface area (Å²) in [7, 11) is 0. The summed E-state index contributed by atoms with van der Waals surface area (Å²) < 4.78 is 12.8. The lowest BCUT2D eigenvalue weighted by Gasteiger charge is -2.04. The van der Waals surface area contributed by atoms with Crippen LogP contribution in [0.5, 0.6) is 0 Å². The summed E-state index contributed by atoms with van der Waals surface area (Å²) in [6.07, 6.45) is 1.52. The van der Waals surface area contributed by atoms with Gasteiger partial charge < -0.3 is 5.32 Å². The smallest absolute Gasteiger partial charge is 0.266 e. The fraction of sp³-hybridized carbons (Fsp3) is 0.0588. The number of carbonyl (C=O) groups is 1. The van der Waals surface area contributed by atoms with Gasteiger partial charge in [-0.2, -0.15) is 5.26 Å². The Morgan fingerprint density at radius 1 is 1.24 bits per heavy atom. The van der Waals surface area contributed by atoms with Crippen molar-refractivity contribution in [2.75, 3.05) is 5.32 Å². The van der Waals surface area contributed by atoms with E-state index in [1.807, 2.05) is 37.3 Å². The Labute approximate surface area is 122 Å². The average molecular weight is 280 g/mol. The first-order valence-corrected chi connectivity index (χ1v) is 6.34. The van der Waals surface area contributed by atoms with Crippen LogP contribution in [0.1, 0.15) is 11.1 Å². The molecule has 0 bridgehead atoms. The number of anilines is 1. The number of benzene rings is 2. The average Bonchev–Trinajstić information content (AvgIpc) is 2.47. The maximum atomic E-state index is 12.8. The number of halogens is 1. The van der Waals surface area contributed by atoms with E-state index in [1.165, 1.54) is 30.3 Å². The van der Waals surface area contributed by atoms with Crippen LogP contribution in [0.4, 0.5) is 10.1 Å². The molecule has 0 spiro atoms. The van der Waals surface area contributed by atoms with Crippen LogP contribution in [0.15, 0.2) is 54.1 Å². The molecule has 0 fully saturated rings. The molecule has 3 nitrogen and oxygen atoms in total. The van der Waals surface area contributed by atoms with E-state index in [0.29, 0.717) is 5.69 Å². The van der Waals surface area contributed by atoms with Crippen molar-refractivity contribution in [3.63, 3.8) is 0 Å². The minimum absolute atomic E-state index is 0.00933. The molecule has 2 aromatic rings. The zero-order valence-electron chi connectivity index (χ0n) is 11.4. The van der Waals surface area contributed by atoms with Gasteiger partial charge in [-0.1, -0.05) is 29.8 Å². The molecule has 1 amide bonds.